The van der Waals surface area contributed by atoms with Crippen molar-refractivity contribution in [1.82, 2.24) is 19.6 Å². The van der Waals surface area contributed by atoms with E-state index in [1.807, 2.05) is 37.3 Å². The fourth-order valence-electron chi connectivity index (χ4n) is 2.77. The predicted molar refractivity (Wildman–Crippen MR) is 100 cm³/mol. The highest BCUT2D eigenvalue weighted by molar-refractivity contribution is 5.99. The van der Waals surface area contributed by atoms with E-state index in [0.29, 0.717) is 17.8 Å². The standard InChI is InChI=1S/C20H20N4O2/c1-4-17-10-11-19(25)24(22-17)15(3)20(26)18-12-21-23(14(18)2)13-16-8-6-5-7-9-16/h4-12,15H,1,13H2,2-3H3. The van der Waals surface area contributed by atoms with E-state index in [1.54, 1.807) is 23.9 Å². The number of rotatable bonds is 6. The zero-order valence-corrected chi connectivity index (χ0v) is 14.8. The number of benzene rings is 1. The van der Waals surface area contributed by atoms with Crippen molar-refractivity contribution in [3.8, 4) is 0 Å². The molecule has 0 saturated heterocycles. The van der Waals surface area contributed by atoms with Gasteiger partial charge >= 0.3 is 0 Å². The molecule has 0 aliphatic heterocycles. The highest BCUT2D eigenvalue weighted by Gasteiger charge is 2.23. The highest BCUT2D eigenvalue weighted by atomic mass is 16.1. The lowest BCUT2D eigenvalue weighted by molar-refractivity contribution is 0.0924. The fraction of sp³-hybridized carbons (Fsp3) is 0.200. The first-order valence-electron chi connectivity index (χ1n) is 8.34. The zero-order chi connectivity index (χ0) is 18.7. The number of aromatic nitrogens is 4. The van der Waals surface area contributed by atoms with Crippen LogP contribution in [-0.4, -0.2) is 25.3 Å². The average molecular weight is 348 g/mol. The summed E-state index contributed by atoms with van der Waals surface area (Å²) in [6.07, 6.45) is 3.09. The summed E-state index contributed by atoms with van der Waals surface area (Å²) in [6.45, 7) is 7.74. The van der Waals surface area contributed by atoms with Crippen molar-refractivity contribution in [1.29, 1.82) is 0 Å². The molecule has 0 aliphatic carbocycles. The largest absolute Gasteiger partial charge is 0.292 e. The van der Waals surface area contributed by atoms with Crippen molar-refractivity contribution in [2.45, 2.75) is 26.4 Å². The number of ketones is 1. The van der Waals surface area contributed by atoms with E-state index in [-0.39, 0.29) is 11.3 Å². The molecule has 2 heterocycles. The van der Waals surface area contributed by atoms with Crippen LogP contribution in [0.2, 0.25) is 0 Å². The van der Waals surface area contributed by atoms with Gasteiger partial charge in [0.15, 0.2) is 5.78 Å². The molecule has 132 valence electrons. The highest BCUT2D eigenvalue weighted by Crippen LogP contribution is 2.17. The number of carbonyl (C=O) groups excluding carboxylic acids is 1. The molecule has 1 unspecified atom stereocenters. The Bertz CT molecular complexity index is 1000. The van der Waals surface area contributed by atoms with Crippen LogP contribution in [0.1, 0.15) is 40.3 Å². The Morgan fingerprint density at radius 3 is 2.65 bits per heavy atom. The number of nitrogens with zero attached hydrogens (tertiary/aromatic N) is 4. The first kappa shape index (κ1) is 17.5. The Hall–Kier alpha value is -3.28. The average Bonchev–Trinajstić information content (AvgIpc) is 3.02. The zero-order valence-electron chi connectivity index (χ0n) is 14.8. The Morgan fingerprint density at radius 2 is 1.96 bits per heavy atom. The van der Waals surface area contributed by atoms with Gasteiger partial charge in [0.1, 0.15) is 6.04 Å². The maximum absolute atomic E-state index is 12.9. The van der Waals surface area contributed by atoms with E-state index in [9.17, 15) is 9.59 Å². The van der Waals surface area contributed by atoms with Gasteiger partial charge in [-0.2, -0.15) is 10.2 Å². The van der Waals surface area contributed by atoms with Gasteiger partial charge in [-0.1, -0.05) is 36.9 Å². The normalized spacial score (nSPS) is 11.9. The summed E-state index contributed by atoms with van der Waals surface area (Å²) in [4.78, 5) is 25.0. The molecule has 0 radical (unpaired) electrons. The smallest absolute Gasteiger partial charge is 0.267 e. The first-order valence-corrected chi connectivity index (χ1v) is 8.34. The first-order chi connectivity index (χ1) is 12.5. The Balaban J connectivity index is 1.89. The van der Waals surface area contributed by atoms with E-state index >= 15 is 0 Å². The van der Waals surface area contributed by atoms with Gasteiger partial charge in [-0.3, -0.25) is 14.3 Å². The molecular weight excluding hydrogens is 328 g/mol. The fourth-order valence-corrected chi connectivity index (χ4v) is 2.77. The van der Waals surface area contributed by atoms with Crippen LogP contribution in [0, 0.1) is 6.92 Å². The van der Waals surface area contributed by atoms with Crippen LogP contribution in [0.25, 0.3) is 6.08 Å². The molecule has 0 N–H and O–H groups in total. The van der Waals surface area contributed by atoms with Gasteiger partial charge in [0.25, 0.3) is 5.56 Å². The summed E-state index contributed by atoms with van der Waals surface area (Å²) in [6, 6.07) is 12.1. The minimum Gasteiger partial charge on any atom is -0.292 e. The van der Waals surface area contributed by atoms with E-state index in [0.717, 1.165) is 11.3 Å². The van der Waals surface area contributed by atoms with Crippen LogP contribution in [-0.2, 0) is 6.54 Å². The number of hydrogen-bond donors (Lipinski definition) is 0. The molecule has 3 aromatic rings. The van der Waals surface area contributed by atoms with Crippen LogP contribution in [0.3, 0.4) is 0 Å². The minimum absolute atomic E-state index is 0.197. The SMILES string of the molecule is C=Cc1ccc(=O)n(C(C)C(=O)c2cnn(Cc3ccccc3)c2C)n1. The van der Waals surface area contributed by atoms with Gasteiger partial charge in [0, 0.05) is 11.8 Å². The van der Waals surface area contributed by atoms with Crippen LogP contribution >= 0.6 is 0 Å². The van der Waals surface area contributed by atoms with Gasteiger partial charge in [-0.05, 0) is 31.6 Å². The van der Waals surface area contributed by atoms with Crippen LogP contribution in [0.15, 0.2) is 60.0 Å². The summed E-state index contributed by atoms with van der Waals surface area (Å²) in [5.74, 6) is -0.197. The maximum atomic E-state index is 12.9. The molecule has 0 spiro atoms. The van der Waals surface area contributed by atoms with E-state index < -0.39 is 6.04 Å². The molecule has 1 aromatic carbocycles. The molecule has 26 heavy (non-hydrogen) atoms. The van der Waals surface area contributed by atoms with E-state index in [2.05, 4.69) is 16.8 Å². The van der Waals surface area contributed by atoms with E-state index in [4.69, 9.17) is 0 Å². The summed E-state index contributed by atoms with van der Waals surface area (Å²) < 4.78 is 2.97. The summed E-state index contributed by atoms with van der Waals surface area (Å²) in [5, 5.41) is 8.52. The molecule has 6 heteroatoms. The number of hydrogen-bond acceptors (Lipinski definition) is 4. The molecular formula is C20H20N4O2. The van der Waals surface area contributed by atoms with E-state index in [1.165, 1.54) is 16.8 Å². The van der Waals surface area contributed by atoms with Crippen molar-refractivity contribution < 1.29 is 4.79 Å². The lowest BCUT2D eigenvalue weighted by Crippen LogP contribution is -2.30. The second kappa shape index (κ2) is 7.31. The molecule has 0 bridgehead atoms. The summed E-state index contributed by atoms with van der Waals surface area (Å²) in [7, 11) is 0. The molecule has 3 rings (SSSR count). The summed E-state index contributed by atoms with van der Waals surface area (Å²) in [5.41, 5.74) is 2.57. The maximum Gasteiger partial charge on any atom is 0.267 e. The van der Waals surface area contributed by atoms with Crippen LogP contribution in [0.4, 0.5) is 0 Å². The molecule has 0 fully saturated rings. The number of Topliss-reactive ketones (excluding diaryl/α,β-unsaturated/α-hetero) is 1. The van der Waals surface area contributed by atoms with Gasteiger partial charge < -0.3 is 0 Å². The Morgan fingerprint density at radius 1 is 1.23 bits per heavy atom. The van der Waals surface area contributed by atoms with Gasteiger partial charge in [0.05, 0.1) is 24.0 Å². The number of carbonyl (C=O) groups is 1. The molecule has 0 amide bonds. The quantitative estimate of drug-likeness (QED) is 0.642. The molecule has 2 aromatic heterocycles. The monoisotopic (exact) mass is 348 g/mol. The lowest BCUT2D eigenvalue weighted by atomic mass is 10.1. The second-order valence-electron chi connectivity index (χ2n) is 6.07. The van der Waals surface area contributed by atoms with Crippen molar-refractivity contribution in [3.63, 3.8) is 0 Å². The van der Waals surface area contributed by atoms with Crippen molar-refractivity contribution in [2.24, 2.45) is 0 Å². The van der Waals surface area contributed by atoms with Gasteiger partial charge in [-0.15, -0.1) is 0 Å². The third-order valence-corrected chi connectivity index (χ3v) is 4.34. The molecule has 0 saturated carbocycles. The van der Waals surface area contributed by atoms with Gasteiger partial charge in [0.2, 0.25) is 0 Å². The third-order valence-electron chi connectivity index (χ3n) is 4.34. The minimum atomic E-state index is -0.726. The van der Waals surface area contributed by atoms with Crippen molar-refractivity contribution >= 4 is 11.9 Å². The third kappa shape index (κ3) is 3.39. The van der Waals surface area contributed by atoms with Crippen molar-refractivity contribution in [3.05, 3.63) is 88.1 Å². The Kier molecular flexibility index (Phi) is 4.93. The van der Waals surface area contributed by atoms with Crippen molar-refractivity contribution in [2.75, 3.05) is 0 Å². The molecule has 0 aliphatic rings. The van der Waals surface area contributed by atoms with Gasteiger partial charge in [-0.25, -0.2) is 4.68 Å². The lowest BCUT2D eigenvalue weighted by Gasteiger charge is -2.13. The summed E-state index contributed by atoms with van der Waals surface area (Å²) >= 11 is 0. The topological polar surface area (TPSA) is 69.8 Å². The molecule has 6 nitrogen and oxygen atoms in total. The second-order valence-corrected chi connectivity index (χ2v) is 6.07. The van der Waals surface area contributed by atoms with Crippen LogP contribution < -0.4 is 5.56 Å². The van der Waals surface area contributed by atoms with Crippen LogP contribution in [0.5, 0.6) is 0 Å². The Labute approximate surface area is 151 Å². The molecule has 1 atom stereocenters. The predicted octanol–water partition coefficient (Wildman–Crippen LogP) is 2.88.